The Bertz CT molecular complexity index is 1270. The van der Waals surface area contributed by atoms with Gasteiger partial charge in [0, 0.05) is 19.3 Å². The van der Waals surface area contributed by atoms with Crippen molar-refractivity contribution in [3.8, 4) is 0 Å². The third-order valence-corrected chi connectivity index (χ3v) is 11.4. The van der Waals surface area contributed by atoms with Gasteiger partial charge in [0.05, 0.1) is 0 Å². The Hall–Kier alpha value is -3.41. The van der Waals surface area contributed by atoms with Crippen molar-refractivity contribution in [2.24, 2.45) is 0 Å². The molecule has 65 heavy (non-hydrogen) atoms. The second-order valence-corrected chi connectivity index (χ2v) is 17.8. The number of ether oxygens (including phenoxy) is 3. The smallest absolute Gasteiger partial charge is 0.306 e. The maximum Gasteiger partial charge on any atom is 0.306 e. The molecule has 0 aliphatic rings. The van der Waals surface area contributed by atoms with Crippen LogP contribution in [0.5, 0.6) is 0 Å². The first-order valence-electron chi connectivity index (χ1n) is 27.1. The van der Waals surface area contributed by atoms with Crippen LogP contribution in [0.3, 0.4) is 0 Å². The molecule has 6 heteroatoms. The number of unbranched alkanes of at least 4 members (excludes halogenated alkanes) is 24. The highest BCUT2D eigenvalue weighted by Crippen LogP contribution is 2.15. The summed E-state index contributed by atoms with van der Waals surface area (Å²) in [6, 6.07) is 0. The SMILES string of the molecule is CC/C=C\C/C=C\C/C=C\C/C=C\C/C=C\CCCCCC(=O)OCC(COC(=O)CCCCCCCCCCC)OC(=O)CCCCCCCCCCCC/C=C\C=C/CCCCC. The van der Waals surface area contributed by atoms with Crippen molar-refractivity contribution in [2.75, 3.05) is 13.2 Å². The minimum Gasteiger partial charge on any atom is -0.462 e. The molecule has 0 bridgehead atoms. The van der Waals surface area contributed by atoms with Gasteiger partial charge in [-0.1, -0.05) is 228 Å². The van der Waals surface area contributed by atoms with E-state index in [-0.39, 0.29) is 31.1 Å². The highest BCUT2D eigenvalue weighted by atomic mass is 16.6. The van der Waals surface area contributed by atoms with Crippen LogP contribution in [0.15, 0.2) is 85.1 Å². The van der Waals surface area contributed by atoms with E-state index in [9.17, 15) is 14.4 Å². The monoisotopic (exact) mass is 905 g/mol. The van der Waals surface area contributed by atoms with Crippen molar-refractivity contribution in [2.45, 2.75) is 258 Å². The largest absolute Gasteiger partial charge is 0.462 e. The van der Waals surface area contributed by atoms with E-state index < -0.39 is 6.10 Å². The zero-order valence-electron chi connectivity index (χ0n) is 42.5. The molecule has 0 N–H and O–H groups in total. The Morgan fingerprint density at radius 2 is 0.646 bits per heavy atom. The summed E-state index contributed by atoms with van der Waals surface area (Å²) in [7, 11) is 0. The lowest BCUT2D eigenvalue weighted by Crippen LogP contribution is -2.30. The predicted molar refractivity (Wildman–Crippen MR) is 279 cm³/mol. The number of carbonyl (C=O) groups excluding carboxylic acids is 3. The normalized spacial score (nSPS) is 12.7. The molecule has 0 rings (SSSR count). The van der Waals surface area contributed by atoms with Crippen molar-refractivity contribution in [1.82, 2.24) is 0 Å². The zero-order chi connectivity index (χ0) is 47.2. The first kappa shape index (κ1) is 61.6. The molecule has 0 aromatic rings. The van der Waals surface area contributed by atoms with E-state index in [0.717, 1.165) is 96.3 Å². The summed E-state index contributed by atoms with van der Waals surface area (Å²) in [4.78, 5) is 38.0. The second kappa shape index (κ2) is 53.2. The highest BCUT2D eigenvalue weighted by Gasteiger charge is 2.19. The van der Waals surface area contributed by atoms with Gasteiger partial charge >= 0.3 is 17.9 Å². The predicted octanol–water partition coefficient (Wildman–Crippen LogP) is 18.0. The van der Waals surface area contributed by atoms with Crippen LogP contribution in [-0.4, -0.2) is 37.2 Å². The van der Waals surface area contributed by atoms with Gasteiger partial charge in [-0.05, 0) is 89.9 Å². The Morgan fingerprint density at radius 1 is 0.338 bits per heavy atom. The third kappa shape index (κ3) is 51.4. The minimum atomic E-state index is -0.790. The molecule has 0 saturated carbocycles. The maximum absolute atomic E-state index is 12.8. The van der Waals surface area contributed by atoms with E-state index in [1.165, 1.54) is 116 Å². The summed E-state index contributed by atoms with van der Waals surface area (Å²) in [6.07, 6.45) is 68.6. The summed E-state index contributed by atoms with van der Waals surface area (Å²) in [6.45, 7) is 6.45. The van der Waals surface area contributed by atoms with E-state index in [1.54, 1.807) is 0 Å². The van der Waals surface area contributed by atoms with Gasteiger partial charge < -0.3 is 14.2 Å². The van der Waals surface area contributed by atoms with E-state index in [1.807, 2.05) is 0 Å². The van der Waals surface area contributed by atoms with Gasteiger partial charge in [-0.3, -0.25) is 14.4 Å². The molecule has 0 fully saturated rings. The highest BCUT2D eigenvalue weighted by molar-refractivity contribution is 5.71. The Balaban J connectivity index is 4.37. The number of rotatable bonds is 48. The molecule has 0 heterocycles. The van der Waals surface area contributed by atoms with Crippen LogP contribution in [0.4, 0.5) is 0 Å². The Morgan fingerprint density at radius 3 is 1.08 bits per heavy atom. The summed E-state index contributed by atoms with van der Waals surface area (Å²) in [5, 5.41) is 0. The topological polar surface area (TPSA) is 78.9 Å². The average Bonchev–Trinajstić information content (AvgIpc) is 3.30. The number of esters is 3. The molecule has 1 atom stereocenters. The van der Waals surface area contributed by atoms with E-state index in [4.69, 9.17) is 14.2 Å². The first-order valence-corrected chi connectivity index (χ1v) is 27.1. The van der Waals surface area contributed by atoms with Gasteiger partial charge in [0.15, 0.2) is 6.10 Å². The molecular formula is C59H100O6. The van der Waals surface area contributed by atoms with E-state index in [2.05, 4.69) is 106 Å². The fourth-order valence-electron chi connectivity index (χ4n) is 7.34. The van der Waals surface area contributed by atoms with Gasteiger partial charge in [0.25, 0.3) is 0 Å². The number of allylic oxidation sites excluding steroid dienone is 14. The molecule has 0 aliphatic heterocycles. The van der Waals surface area contributed by atoms with Crippen molar-refractivity contribution in [1.29, 1.82) is 0 Å². The van der Waals surface area contributed by atoms with Gasteiger partial charge in [-0.2, -0.15) is 0 Å². The quantitative estimate of drug-likeness (QED) is 0.0199. The molecule has 0 aliphatic carbocycles. The molecule has 0 aromatic heterocycles. The fraction of sp³-hybridized carbons (Fsp3) is 0.712. The number of carbonyl (C=O) groups is 3. The molecule has 0 saturated heterocycles. The molecule has 0 aromatic carbocycles. The van der Waals surface area contributed by atoms with Crippen LogP contribution in [0.2, 0.25) is 0 Å². The van der Waals surface area contributed by atoms with Crippen molar-refractivity contribution in [3.63, 3.8) is 0 Å². The third-order valence-electron chi connectivity index (χ3n) is 11.4. The molecular weight excluding hydrogens is 805 g/mol. The van der Waals surface area contributed by atoms with Crippen molar-refractivity contribution >= 4 is 17.9 Å². The first-order chi connectivity index (χ1) is 32.0. The summed E-state index contributed by atoms with van der Waals surface area (Å²) in [5.74, 6) is -0.925. The molecule has 372 valence electrons. The Labute approximate surface area is 401 Å². The number of hydrogen-bond donors (Lipinski definition) is 0. The van der Waals surface area contributed by atoms with Crippen LogP contribution in [0.1, 0.15) is 252 Å². The molecule has 1 unspecified atom stereocenters. The number of hydrogen-bond acceptors (Lipinski definition) is 6. The van der Waals surface area contributed by atoms with Crippen LogP contribution in [0, 0.1) is 0 Å². The van der Waals surface area contributed by atoms with Crippen LogP contribution >= 0.6 is 0 Å². The van der Waals surface area contributed by atoms with Gasteiger partial charge in [0.2, 0.25) is 0 Å². The Kier molecular flexibility index (Phi) is 50.4. The standard InChI is InChI=1S/C59H100O6/c1-4-7-10-13-16-19-21-23-25-27-29-31-33-35-37-40-43-46-49-52-58(61)64-55-56(54-63-57(60)51-48-45-42-39-18-15-12-9-6-3)65-59(62)53-50-47-44-41-38-36-34-32-30-28-26-24-22-20-17-14-11-8-5-2/h7,10,16-17,19-20,22-25,29,31,35,37,56H,4-6,8-9,11-15,18,21,26-28,30,32-34,36,38-55H2,1-3H3/b10-7-,19-16-,20-17-,24-22-,25-23-,31-29-,37-35-. The lowest BCUT2D eigenvalue weighted by atomic mass is 10.1. The van der Waals surface area contributed by atoms with Crippen LogP contribution in [0.25, 0.3) is 0 Å². The molecule has 0 radical (unpaired) electrons. The van der Waals surface area contributed by atoms with Gasteiger partial charge in [0.1, 0.15) is 13.2 Å². The van der Waals surface area contributed by atoms with Crippen LogP contribution in [-0.2, 0) is 28.6 Å². The summed E-state index contributed by atoms with van der Waals surface area (Å²) < 4.78 is 16.8. The summed E-state index contributed by atoms with van der Waals surface area (Å²) >= 11 is 0. The molecule has 0 spiro atoms. The lowest BCUT2D eigenvalue weighted by molar-refractivity contribution is -0.167. The molecule has 6 nitrogen and oxygen atoms in total. The second-order valence-electron chi connectivity index (χ2n) is 17.8. The summed E-state index contributed by atoms with van der Waals surface area (Å²) in [5.41, 5.74) is 0. The van der Waals surface area contributed by atoms with Gasteiger partial charge in [-0.25, -0.2) is 0 Å². The van der Waals surface area contributed by atoms with E-state index in [0.29, 0.717) is 19.3 Å². The van der Waals surface area contributed by atoms with Crippen molar-refractivity contribution < 1.29 is 28.6 Å². The lowest BCUT2D eigenvalue weighted by Gasteiger charge is -2.18. The molecule has 0 amide bonds. The zero-order valence-corrected chi connectivity index (χ0v) is 42.5. The van der Waals surface area contributed by atoms with Crippen LogP contribution < -0.4 is 0 Å². The minimum absolute atomic E-state index is 0.0875. The average molecular weight is 905 g/mol. The van der Waals surface area contributed by atoms with E-state index >= 15 is 0 Å². The fourth-order valence-corrected chi connectivity index (χ4v) is 7.34. The van der Waals surface area contributed by atoms with Crippen molar-refractivity contribution in [3.05, 3.63) is 85.1 Å². The van der Waals surface area contributed by atoms with Gasteiger partial charge in [-0.15, -0.1) is 0 Å². The maximum atomic E-state index is 12.8.